The first-order valence-corrected chi connectivity index (χ1v) is 19.2. The molecule has 3 heterocycles. The van der Waals surface area contributed by atoms with Crippen molar-refractivity contribution in [1.82, 2.24) is 34.7 Å². The first-order valence-electron chi connectivity index (χ1n) is 19.2. The largest absolute Gasteiger partial charge is 0.330 e. The predicted octanol–water partition coefficient (Wildman–Crippen LogP) is 8.49. The topological polar surface area (TPSA) is 98.8 Å². The zero-order chi connectivity index (χ0) is 38.8. The van der Waals surface area contributed by atoms with Crippen LogP contribution in [0.25, 0.3) is 22.5 Å². The van der Waals surface area contributed by atoms with Gasteiger partial charge in [0.05, 0.1) is 16.8 Å². The average molecular weight is 746 g/mol. The molecule has 0 fully saturated rings. The Morgan fingerprint density at radius 3 is 1.63 bits per heavy atom. The summed E-state index contributed by atoms with van der Waals surface area (Å²) in [6.07, 6.45) is 3.28. The van der Waals surface area contributed by atoms with E-state index >= 15 is 0 Å². The van der Waals surface area contributed by atoms with Crippen molar-refractivity contribution in [2.24, 2.45) is 0 Å². The highest BCUT2D eigenvalue weighted by atomic mass is 16.2. The number of hydrogen-bond donors (Lipinski definition) is 0. The number of aromatic nitrogens is 6. The first kappa shape index (κ1) is 35.4. The molecular weight excluding hydrogens is 707 g/mol. The zero-order valence-electron chi connectivity index (χ0n) is 31.4. The fraction of sp³-hybridized carbons (Fsp3) is 0.125. The summed E-state index contributed by atoms with van der Waals surface area (Å²) in [4.78, 5) is 32.0. The molecule has 57 heavy (non-hydrogen) atoms. The van der Waals surface area contributed by atoms with E-state index in [0.717, 1.165) is 56.9 Å². The highest BCUT2D eigenvalue weighted by Gasteiger charge is 2.42. The Kier molecular flexibility index (Phi) is 9.40. The molecule has 1 aliphatic rings. The van der Waals surface area contributed by atoms with E-state index < -0.39 is 5.54 Å². The number of benzene rings is 6. The van der Waals surface area contributed by atoms with Gasteiger partial charge in [-0.25, -0.2) is 9.67 Å². The van der Waals surface area contributed by atoms with E-state index in [4.69, 9.17) is 15.3 Å². The van der Waals surface area contributed by atoms with Gasteiger partial charge in [0.25, 0.3) is 11.8 Å². The van der Waals surface area contributed by atoms with Crippen molar-refractivity contribution < 1.29 is 9.59 Å². The molecule has 0 unspecified atom stereocenters. The van der Waals surface area contributed by atoms with Crippen molar-refractivity contribution in [3.8, 4) is 22.5 Å². The van der Waals surface area contributed by atoms with Crippen molar-refractivity contribution in [3.05, 3.63) is 215 Å². The molecule has 2 amide bonds. The molecule has 0 aliphatic carbocycles. The van der Waals surface area contributed by atoms with E-state index in [-0.39, 0.29) is 18.4 Å². The normalized spacial score (nSPS) is 12.6. The maximum absolute atomic E-state index is 12.9. The summed E-state index contributed by atoms with van der Waals surface area (Å²) in [5, 5.41) is 13.8. The third kappa shape index (κ3) is 6.33. The SMILES string of the molecule is CCc1nc(CCN2C(=O)c3ccccc3C2=O)cn1Cc1ccc(-c2ccccc2-c2nnnn2C(c2ccccc2)(c2ccccc2)c2ccccc2)cc1. The van der Waals surface area contributed by atoms with E-state index in [0.29, 0.717) is 29.9 Å². The van der Waals surface area contributed by atoms with Crippen LogP contribution in [0.15, 0.2) is 170 Å². The predicted molar refractivity (Wildman–Crippen MR) is 220 cm³/mol. The number of amides is 2. The summed E-state index contributed by atoms with van der Waals surface area (Å²) in [5.41, 5.74) is 8.10. The Hall–Kier alpha value is -7.26. The van der Waals surface area contributed by atoms with Crippen molar-refractivity contribution >= 4 is 11.8 Å². The fourth-order valence-electron chi connectivity index (χ4n) is 8.12. The average Bonchev–Trinajstić information content (AvgIpc) is 3.98. The van der Waals surface area contributed by atoms with Gasteiger partial charge in [-0.2, -0.15) is 0 Å². The first-order chi connectivity index (χ1) is 28.1. The fourth-order valence-corrected chi connectivity index (χ4v) is 8.12. The minimum Gasteiger partial charge on any atom is -0.330 e. The number of imidazole rings is 1. The van der Waals surface area contributed by atoms with Crippen LogP contribution in [0.5, 0.6) is 0 Å². The second-order valence-corrected chi connectivity index (χ2v) is 14.2. The summed E-state index contributed by atoms with van der Waals surface area (Å²) in [6.45, 7) is 3.01. The number of rotatable bonds is 12. The maximum Gasteiger partial charge on any atom is 0.261 e. The minimum absolute atomic E-state index is 0.244. The van der Waals surface area contributed by atoms with Gasteiger partial charge in [0.15, 0.2) is 5.82 Å². The van der Waals surface area contributed by atoms with E-state index in [1.54, 1.807) is 24.3 Å². The van der Waals surface area contributed by atoms with Crippen molar-refractivity contribution in [3.63, 3.8) is 0 Å². The van der Waals surface area contributed by atoms with Crippen LogP contribution in [0, 0.1) is 0 Å². The molecular formula is C48H39N7O2. The quantitative estimate of drug-likeness (QED) is 0.0919. The molecule has 2 aromatic heterocycles. The standard InChI is InChI=1S/C48H39N7O2/c1-2-44-49-39(30-31-54-46(56)42-24-14-15-25-43(42)47(54)57)33-53(44)32-34-26-28-35(29-27-34)40-22-12-13-23-41(40)45-50-51-52-55(45)48(36-16-6-3-7-17-36,37-18-8-4-9-19-37)38-20-10-5-11-21-38/h3-29,33H,2,30-32H2,1H3. The van der Waals surface area contributed by atoms with Gasteiger partial charge >= 0.3 is 0 Å². The second kappa shape index (κ2) is 15.1. The molecule has 0 spiro atoms. The number of fused-ring (bicyclic) bond motifs is 1. The lowest BCUT2D eigenvalue weighted by Gasteiger charge is -2.36. The van der Waals surface area contributed by atoms with Gasteiger partial charge in [-0.15, -0.1) is 5.10 Å². The van der Waals surface area contributed by atoms with Crippen LogP contribution < -0.4 is 0 Å². The van der Waals surface area contributed by atoms with Crippen LogP contribution in [0.1, 0.15) is 61.4 Å². The van der Waals surface area contributed by atoms with Gasteiger partial charge in [0.2, 0.25) is 0 Å². The molecule has 1 aliphatic heterocycles. The molecule has 0 saturated carbocycles. The maximum atomic E-state index is 12.9. The van der Waals surface area contributed by atoms with E-state index in [9.17, 15) is 9.59 Å². The van der Waals surface area contributed by atoms with E-state index in [1.807, 2.05) is 41.2 Å². The molecule has 6 aromatic carbocycles. The van der Waals surface area contributed by atoms with Crippen LogP contribution in [0.3, 0.4) is 0 Å². The highest BCUT2D eigenvalue weighted by Crippen LogP contribution is 2.43. The van der Waals surface area contributed by atoms with Crippen molar-refractivity contribution in [2.45, 2.75) is 31.8 Å². The van der Waals surface area contributed by atoms with Crippen molar-refractivity contribution in [1.29, 1.82) is 0 Å². The zero-order valence-corrected chi connectivity index (χ0v) is 31.4. The lowest BCUT2D eigenvalue weighted by Crippen LogP contribution is -2.39. The Bertz CT molecular complexity index is 2560. The molecule has 9 nitrogen and oxygen atoms in total. The lowest BCUT2D eigenvalue weighted by molar-refractivity contribution is 0.0656. The molecule has 9 heteroatoms. The number of tetrazole rings is 1. The summed E-state index contributed by atoms with van der Waals surface area (Å²) < 4.78 is 4.13. The third-order valence-corrected chi connectivity index (χ3v) is 10.8. The minimum atomic E-state index is -0.870. The van der Waals surface area contributed by atoms with Crippen LogP contribution in [0.4, 0.5) is 0 Å². The molecule has 0 N–H and O–H groups in total. The van der Waals surface area contributed by atoms with Gasteiger partial charge in [-0.05, 0) is 55.9 Å². The molecule has 0 atom stereocenters. The van der Waals surface area contributed by atoms with Crippen LogP contribution in [-0.2, 0) is 24.9 Å². The van der Waals surface area contributed by atoms with Gasteiger partial charge in [0.1, 0.15) is 11.4 Å². The van der Waals surface area contributed by atoms with Crippen LogP contribution >= 0.6 is 0 Å². The number of imide groups is 1. The Morgan fingerprint density at radius 2 is 1.09 bits per heavy atom. The summed E-state index contributed by atoms with van der Waals surface area (Å²) >= 11 is 0. The lowest BCUT2D eigenvalue weighted by atomic mass is 9.77. The molecule has 278 valence electrons. The van der Waals surface area contributed by atoms with Crippen LogP contribution in [-0.4, -0.2) is 53.0 Å². The van der Waals surface area contributed by atoms with Gasteiger partial charge in [-0.3, -0.25) is 14.5 Å². The van der Waals surface area contributed by atoms with Crippen molar-refractivity contribution in [2.75, 3.05) is 6.54 Å². The Labute approximate surface area is 330 Å². The van der Waals surface area contributed by atoms with Gasteiger partial charge < -0.3 is 4.57 Å². The third-order valence-electron chi connectivity index (χ3n) is 10.8. The summed E-state index contributed by atoms with van der Waals surface area (Å²) in [6, 6.07) is 55.1. The Balaban J connectivity index is 1.02. The van der Waals surface area contributed by atoms with Crippen LogP contribution in [0.2, 0.25) is 0 Å². The number of carbonyl (C=O) groups excluding carboxylic acids is 2. The highest BCUT2D eigenvalue weighted by molar-refractivity contribution is 6.21. The van der Waals surface area contributed by atoms with Gasteiger partial charge in [-0.1, -0.05) is 159 Å². The van der Waals surface area contributed by atoms with E-state index in [1.165, 1.54) is 4.90 Å². The molecule has 9 rings (SSSR count). The molecule has 0 radical (unpaired) electrons. The smallest absolute Gasteiger partial charge is 0.261 e. The van der Waals surface area contributed by atoms with E-state index in [2.05, 4.69) is 126 Å². The molecule has 0 saturated heterocycles. The Morgan fingerprint density at radius 1 is 0.579 bits per heavy atom. The van der Waals surface area contributed by atoms with Gasteiger partial charge in [0, 0.05) is 37.7 Å². The summed E-state index contributed by atoms with van der Waals surface area (Å²) in [7, 11) is 0. The number of aryl methyl sites for hydroxylation is 1. The number of carbonyl (C=O) groups is 2. The molecule has 8 aromatic rings. The summed E-state index contributed by atoms with van der Waals surface area (Å²) in [5.74, 6) is 1.11. The number of nitrogens with zero attached hydrogens (tertiary/aromatic N) is 7. The molecule has 0 bridgehead atoms. The monoisotopic (exact) mass is 745 g/mol. The second-order valence-electron chi connectivity index (χ2n) is 14.2. The number of hydrogen-bond acceptors (Lipinski definition) is 6.